The zero-order chi connectivity index (χ0) is 15.6. The number of aliphatic hydroxyl groups excluding tert-OH is 1. The van der Waals surface area contributed by atoms with Crippen LogP contribution in [0.25, 0.3) is 11.0 Å². The molecule has 0 aliphatic carbocycles. The predicted molar refractivity (Wildman–Crippen MR) is 87.6 cm³/mol. The first-order valence-corrected chi connectivity index (χ1v) is 7.85. The summed E-state index contributed by atoms with van der Waals surface area (Å²) in [5.74, 6) is 1.05. The van der Waals surface area contributed by atoms with Crippen LogP contribution in [-0.4, -0.2) is 39.3 Å². The molecule has 1 unspecified atom stereocenters. The Balaban J connectivity index is 2.59. The molecule has 0 saturated carbocycles. The number of benzene rings is 1. The van der Waals surface area contributed by atoms with Gasteiger partial charge in [-0.05, 0) is 57.1 Å². The third-order valence-electron chi connectivity index (χ3n) is 4.45. The number of hydrogen-bond acceptors (Lipinski definition) is 3. The molecular formula is C17H27N3O. The van der Waals surface area contributed by atoms with Crippen LogP contribution in [0, 0.1) is 13.8 Å². The molecule has 0 saturated heterocycles. The van der Waals surface area contributed by atoms with E-state index in [1.54, 1.807) is 0 Å². The highest BCUT2D eigenvalue weighted by Gasteiger charge is 2.20. The Morgan fingerprint density at radius 3 is 2.38 bits per heavy atom. The fourth-order valence-corrected chi connectivity index (χ4v) is 2.99. The minimum Gasteiger partial charge on any atom is -0.395 e. The Labute approximate surface area is 127 Å². The summed E-state index contributed by atoms with van der Waals surface area (Å²) in [4.78, 5) is 7.24. The van der Waals surface area contributed by atoms with Gasteiger partial charge in [-0.15, -0.1) is 0 Å². The lowest BCUT2D eigenvalue weighted by atomic mass is 10.1. The first-order valence-electron chi connectivity index (χ1n) is 7.85. The second-order valence-electron chi connectivity index (χ2n) is 5.67. The van der Waals surface area contributed by atoms with Crippen LogP contribution in [0.2, 0.25) is 0 Å². The third-order valence-corrected chi connectivity index (χ3v) is 4.45. The molecule has 0 fully saturated rings. The van der Waals surface area contributed by atoms with E-state index in [0.717, 1.165) is 29.9 Å². The van der Waals surface area contributed by atoms with Gasteiger partial charge in [-0.25, -0.2) is 4.98 Å². The van der Waals surface area contributed by atoms with Crippen LogP contribution < -0.4 is 0 Å². The fraction of sp³-hybridized carbons (Fsp3) is 0.588. The number of aliphatic hydroxyl groups is 1. The average Bonchev–Trinajstić information content (AvgIpc) is 2.79. The van der Waals surface area contributed by atoms with E-state index in [9.17, 15) is 5.11 Å². The Bertz CT molecular complexity index is 614. The first kappa shape index (κ1) is 16.0. The van der Waals surface area contributed by atoms with E-state index in [1.165, 1.54) is 11.1 Å². The van der Waals surface area contributed by atoms with Gasteiger partial charge in [-0.1, -0.05) is 13.8 Å². The number of aryl methyl sites for hydroxylation is 2. The van der Waals surface area contributed by atoms with Crippen molar-refractivity contribution >= 4 is 11.0 Å². The lowest BCUT2D eigenvalue weighted by Crippen LogP contribution is -2.28. The molecule has 0 aliphatic heterocycles. The van der Waals surface area contributed by atoms with Crippen molar-refractivity contribution in [1.82, 2.24) is 14.5 Å². The predicted octanol–water partition coefficient (Wildman–Crippen LogP) is 3.05. The number of imidazole rings is 1. The van der Waals surface area contributed by atoms with Crippen LogP contribution in [0.5, 0.6) is 0 Å². The van der Waals surface area contributed by atoms with Crippen molar-refractivity contribution in [3.8, 4) is 0 Å². The SMILES string of the molecule is CCN(CC)C(C)c1nc2cc(C)c(C)cc2n1CCO. The van der Waals surface area contributed by atoms with Gasteiger partial charge >= 0.3 is 0 Å². The van der Waals surface area contributed by atoms with Crippen molar-refractivity contribution in [2.75, 3.05) is 19.7 Å². The number of hydrogen-bond donors (Lipinski definition) is 1. The zero-order valence-corrected chi connectivity index (χ0v) is 13.8. The fourth-order valence-electron chi connectivity index (χ4n) is 2.99. The Morgan fingerprint density at radius 2 is 1.81 bits per heavy atom. The summed E-state index contributed by atoms with van der Waals surface area (Å²) < 4.78 is 2.17. The maximum atomic E-state index is 9.42. The molecule has 4 nitrogen and oxygen atoms in total. The van der Waals surface area contributed by atoms with Crippen molar-refractivity contribution in [1.29, 1.82) is 0 Å². The molecule has 116 valence electrons. The Kier molecular flexibility index (Phi) is 5.01. The van der Waals surface area contributed by atoms with Gasteiger partial charge in [0.2, 0.25) is 0 Å². The van der Waals surface area contributed by atoms with Gasteiger partial charge in [-0.3, -0.25) is 4.90 Å². The number of nitrogens with zero attached hydrogens (tertiary/aromatic N) is 3. The van der Waals surface area contributed by atoms with E-state index in [1.807, 2.05) is 0 Å². The Morgan fingerprint density at radius 1 is 1.19 bits per heavy atom. The van der Waals surface area contributed by atoms with Gasteiger partial charge in [0.15, 0.2) is 0 Å². The van der Waals surface area contributed by atoms with Crippen LogP contribution in [-0.2, 0) is 6.54 Å². The van der Waals surface area contributed by atoms with Crippen LogP contribution in [0.3, 0.4) is 0 Å². The Hall–Kier alpha value is -1.39. The van der Waals surface area contributed by atoms with Crippen LogP contribution in [0.4, 0.5) is 0 Å². The highest BCUT2D eigenvalue weighted by Crippen LogP contribution is 2.26. The molecule has 21 heavy (non-hydrogen) atoms. The van der Waals surface area contributed by atoms with Gasteiger partial charge < -0.3 is 9.67 Å². The standard InChI is InChI=1S/C17H27N3O/c1-6-19(7-2)14(5)17-18-15-10-12(3)13(4)11-16(15)20(17)8-9-21/h10-11,14,21H,6-9H2,1-5H3. The largest absolute Gasteiger partial charge is 0.395 e. The summed E-state index contributed by atoms with van der Waals surface area (Å²) in [7, 11) is 0. The number of rotatable bonds is 6. The normalized spacial score (nSPS) is 13.3. The maximum Gasteiger partial charge on any atom is 0.127 e. The smallest absolute Gasteiger partial charge is 0.127 e. The molecule has 0 bridgehead atoms. The molecule has 0 aliphatic rings. The van der Waals surface area contributed by atoms with E-state index in [2.05, 4.69) is 56.2 Å². The minimum atomic E-state index is 0.135. The first-order chi connectivity index (χ1) is 10.0. The summed E-state index contributed by atoms with van der Waals surface area (Å²) in [5, 5.41) is 9.42. The zero-order valence-electron chi connectivity index (χ0n) is 13.8. The second-order valence-corrected chi connectivity index (χ2v) is 5.67. The minimum absolute atomic E-state index is 0.135. The highest BCUT2D eigenvalue weighted by molar-refractivity contribution is 5.78. The van der Waals surface area contributed by atoms with Gasteiger partial charge in [0.05, 0.1) is 23.7 Å². The molecule has 1 heterocycles. The summed E-state index contributed by atoms with van der Waals surface area (Å²) in [5.41, 5.74) is 4.68. The summed E-state index contributed by atoms with van der Waals surface area (Å²) in [6, 6.07) is 4.59. The van der Waals surface area contributed by atoms with Crippen LogP contribution in [0.1, 0.15) is 43.8 Å². The van der Waals surface area contributed by atoms with Gasteiger partial charge in [0.1, 0.15) is 5.82 Å². The molecule has 2 rings (SSSR count). The molecule has 1 aromatic heterocycles. The van der Waals surface area contributed by atoms with Crippen molar-refractivity contribution in [2.24, 2.45) is 0 Å². The average molecular weight is 289 g/mol. The van der Waals surface area contributed by atoms with E-state index >= 15 is 0 Å². The lowest BCUT2D eigenvalue weighted by Gasteiger charge is -2.26. The highest BCUT2D eigenvalue weighted by atomic mass is 16.3. The van der Waals surface area contributed by atoms with Crippen molar-refractivity contribution in [3.05, 3.63) is 29.1 Å². The second kappa shape index (κ2) is 6.58. The quantitative estimate of drug-likeness (QED) is 0.888. The molecule has 0 amide bonds. The van der Waals surface area contributed by atoms with E-state index < -0.39 is 0 Å². The van der Waals surface area contributed by atoms with Crippen molar-refractivity contribution in [2.45, 2.75) is 47.2 Å². The molecular weight excluding hydrogens is 262 g/mol. The van der Waals surface area contributed by atoms with Gasteiger partial charge in [0, 0.05) is 6.54 Å². The lowest BCUT2D eigenvalue weighted by molar-refractivity contribution is 0.216. The number of aromatic nitrogens is 2. The monoisotopic (exact) mass is 289 g/mol. The van der Waals surface area contributed by atoms with Crippen molar-refractivity contribution < 1.29 is 5.11 Å². The van der Waals surface area contributed by atoms with Crippen LogP contribution >= 0.6 is 0 Å². The van der Waals surface area contributed by atoms with E-state index in [4.69, 9.17) is 4.98 Å². The molecule has 0 radical (unpaired) electrons. The topological polar surface area (TPSA) is 41.3 Å². The summed E-state index contributed by atoms with van der Waals surface area (Å²) in [6.07, 6.45) is 0. The number of fused-ring (bicyclic) bond motifs is 1. The van der Waals surface area contributed by atoms with Crippen LogP contribution in [0.15, 0.2) is 12.1 Å². The van der Waals surface area contributed by atoms with Gasteiger partial charge in [0.25, 0.3) is 0 Å². The van der Waals surface area contributed by atoms with E-state index in [-0.39, 0.29) is 12.6 Å². The molecule has 1 aromatic carbocycles. The van der Waals surface area contributed by atoms with Gasteiger partial charge in [-0.2, -0.15) is 0 Å². The molecule has 1 atom stereocenters. The van der Waals surface area contributed by atoms with Crippen molar-refractivity contribution in [3.63, 3.8) is 0 Å². The molecule has 4 heteroatoms. The summed E-state index contributed by atoms with van der Waals surface area (Å²) in [6.45, 7) is 13.5. The molecule has 1 N–H and O–H groups in total. The summed E-state index contributed by atoms with van der Waals surface area (Å²) >= 11 is 0. The molecule has 2 aromatic rings. The molecule has 0 spiro atoms. The maximum absolute atomic E-state index is 9.42. The van der Waals surface area contributed by atoms with E-state index in [0.29, 0.717) is 6.54 Å². The third kappa shape index (κ3) is 2.97.